The van der Waals surface area contributed by atoms with Gasteiger partial charge in [-0.1, -0.05) is 17.7 Å². The van der Waals surface area contributed by atoms with E-state index < -0.39 is 0 Å². The number of hydrogen-bond acceptors (Lipinski definition) is 2. The molecule has 94 valence electrons. The van der Waals surface area contributed by atoms with Crippen molar-refractivity contribution in [1.29, 1.82) is 0 Å². The van der Waals surface area contributed by atoms with E-state index in [-0.39, 0.29) is 5.56 Å². The summed E-state index contributed by atoms with van der Waals surface area (Å²) in [5.41, 5.74) is 4.13. The normalized spacial score (nSPS) is 14.8. The fraction of sp³-hybridized carbons (Fsp3) is 0.357. The largest absolute Gasteiger partial charge is 0.312 e. The van der Waals surface area contributed by atoms with Gasteiger partial charge in [-0.05, 0) is 37.1 Å². The molecule has 0 spiro atoms. The SMILES string of the molecule is Cc1c(Cl)ccc2c3c(c(=O)n(C)c12)CNCC3. The molecule has 0 saturated carbocycles. The molecule has 0 aliphatic carbocycles. The van der Waals surface area contributed by atoms with Gasteiger partial charge in [-0.3, -0.25) is 4.79 Å². The van der Waals surface area contributed by atoms with E-state index >= 15 is 0 Å². The molecule has 1 aliphatic heterocycles. The van der Waals surface area contributed by atoms with Crippen LogP contribution in [0.5, 0.6) is 0 Å². The maximum absolute atomic E-state index is 12.4. The van der Waals surface area contributed by atoms with Gasteiger partial charge in [0.1, 0.15) is 0 Å². The maximum Gasteiger partial charge on any atom is 0.255 e. The van der Waals surface area contributed by atoms with E-state index in [1.165, 1.54) is 5.56 Å². The van der Waals surface area contributed by atoms with Crippen molar-refractivity contribution >= 4 is 22.5 Å². The molecule has 0 fully saturated rings. The molecule has 0 atom stereocenters. The fourth-order valence-corrected chi connectivity index (χ4v) is 2.99. The summed E-state index contributed by atoms with van der Waals surface area (Å²) in [4.78, 5) is 12.4. The van der Waals surface area contributed by atoms with Gasteiger partial charge in [0.15, 0.2) is 0 Å². The summed E-state index contributed by atoms with van der Waals surface area (Å²) >= 11 is 6.17. The summed E-state index contributed by atoms with van der Waals surface area (Å²) in [6.07, 6.45) is 0.906. The number of fused-ring (bicyclic) bond motifs is 3. The summed E-state index contributed by atoms with van der Waals surface area (Å²) in [6, 6.07) is 3.96. The van der Waals surface area contributed by atoms with E-state index in [0.29, 0.717) is 11.6 Å². The van der Waals surface area contributed by atoms with Gasteiger partial charge in [0.05, 0.1) is 5.52 Å². The zero-order chi connectivity index (χ0) is 12.9. The van der Waals surface area contributed by atoms with E-state index in [2.05, 4.69) is 5.32 Å². The molecule has 2 aromatic rings. The lowest BCUT2D eigenvalue weighted by atomic mass is 9.96. The third kappa shape index (κ3) is 1.51. The second-order valence-corrected chi connectivity index (χ2v) is 5.22. The second kappa shape index (κ2) is 4.11. The Morgan fingerprint density at radius 1 is 1.33 bits per heavy atom. The van der Waals surface area contributed by atoms with Crippen LogP contribution in [-0.2, 0) is 20.0 Å². The molecule has 3 nitrogen and oxygen atoms in total. The molecule has 0 unspecified atom stereocenters. The van der Waals surface area contributed by atoms with E-state index in [0.717, 1.165) is 35.0 Å². The van der Waals surface area contributed by atoms with Crippen molar-refractivity contribution < 1.29 is 0 Å². The lowest BCUT2D eigenvalue weighted by Crippen LogP contribution is -2.33. The van der Waals surface area contributed by atoms with Crippen LogP contribution >= 0.6 is 11.6 Å². The van der Waals surface area contributed by atoms with Crippen LogP contribution < -0.4 is 10.9 Å². The molecule has 1 aliphatic rings. The standard InChI is InChI=1S/C14H15ClN2O/c1-8-12(15)4-3-10-9-5-6-16-7-11(9)14(18)17(2)13(8)10/h3-4,16H,5-7H2,1-2H3. The van der Waals surface area contributed by atoms with Gasteiger partial charge in [0.25, 0.3) is 5.56 Å². The predicted octanol–water partition coefficient (Wildman–Crippen LogP) is 2.15. The smallest absolute Gasteiger partial charge is 0.255 e. The number of benzene rings is 1. The number of aromatic nitrogens is 1. The van der Waals surface area contributed by atoms with Gasteiger partial charge in [0.2, 0.25) is 0 Å². The van der Waals surface area contributed by atoms with Crippen molar-refractivity contribution in [3.05, 3.63) is 44.2 Å². The minimum Gasteiger partial charge on any atom is -0.312 e. The number of nitrogens with zero attached hydrogens (tertiary/aromatic N) is 1. The molecule has 1 aromatic carbocycles. The first-order chi connectivity index (χ1) is 8.61. The minimum absolute atomic E-state index is 0.0927. The first kappa shape index (κ1) is 11.8. The first-order valence-corrected chi connectivity index (χ1v) is 6.49. The Balaban J connectivity index is 2.54. The number of halogens is 1. The highest BCUT2D eigenvalue weighted by Gasteiger charge is 2.19. The lowest BCUT2D eigenvalue weighted by molar-refractivity contribution is 0.633. The van der Waals surface area contributed by atoms with Crippen LogP contribution in [0, 0.1) is 6.92 Å². The number of aryl methyl sites for hydroxylation is 2. The molecule has 3 rings (SSSR count). The van der Waals surface area contributed by atoms with Gasteiger partial charge < -0.3 is 9.88 Å². The van der Waals surface area contributed by atoms with Gasteiger partial charge >= 0.3 is 0 Å². The Kier molecular flexibility index (Phi) is 2.68. The summed E-state index contributed by atoms with van der Waals surface area (Å²) in [5, 5.41) is 5.14. The van der Waals surface area contributed by atoms with Crippen LogP contribution in [0.4, 0.5) is 0 Å². The predicted molar refractivity (Wildman–Crippen MR) is 74.3 cm³/mol. The third-order valence-corrected chi connectivity index (χ3v) is 4.22. The third-order valence-electron chi connectivity index (χ3n) is 3.81. The van der Waals surface area contributed by atoms with E-state index in [1.807, 2.05) is 26.1 Å². The molecule has 1 N–H and O–H groups in total. The average molecular weight is 263 g/mol. The van der Waals surface area contributed by atoms with Crippen molar-refractivity contribution in [3.8, 4) is 0 Å². The molecule has 0 saturated heterocycles. The Bertz CT molecular complexity index is 703. The molecule has 0 amide bonds. The zero-order valence-corrected chi connectivity index (χ0v) is 11.3. The van der Waals surface area contributed by atoms with Gasteiger partial charge in [-0.2, -0.15) is 0 Å². The fourth-order valence-electron chi connectivity index (χ4n) is 2.84. The topological polar surface area (TPSA) is 34.0 Å². The van der Waals surface area contributed by atoms with Gasteiger partial charge in [-0.15, -0.1) is 0 Å². The monoisotopic (exact) mass is 262 g/mol. The van der Waals surface area contributed by atoms with Crippen molar-refractivity contribution in [2.24, 2.45) is 7.05 Å². The first-order valence-electron chi connectivity index (χ1n) is 6.11. The molecule has 0 radical (unpaired) electrons. The maximum atomic E-state index is 12.4. The van der Waals surface area contributed by atoms with Crippen LogP contribution in [0.1, 0.15) is 16.7 Å². The number of rotatable bonds is 0. The van der Waals surface area contributed by atoms with Crippen molar-refractivity contribution in [3.63, 3.8) is 0 Å². The highest BCUT2D eigenvalue weighted by molar-refractivity contribution is 6.32. The number of nitrogens with one attached hydrogen (secondary N) is 1. The van der Waals surface area contributed by atoms with Crippen LogP contribution in [0.2, 0.25) is 5.02 Å². The zero-order valence-electron chi connectivity index (χ0n) is 10.5. The number of pyridine rings is 1. The molecular formula is C14H15ClN2O. The van der Waals surface area contributed by atoms with E-state index in [9.17, 15) is 4.79 Å². The Morgan fingerprint density at radius 3 is 2.89 bits per heavy atom. The molecule has 0 bridgehead atoms. The highest BCUT2D eigenvalue weighted by Crippen LogP contribution is 2.28. The Labute approximate surface area is 110 Å². The van der Waals surface area contributed by atoms with Crippen molar-refractivity contribution in [2.45, 2.75) is 19.9 Å². The molecule has 18 heavy (non-hydrogen) atoms. The summed E-state index contributed by atoms with van der Waals surface area (Å²) in [5.74, 6) is 0. The van der Waals surface area contributed by atoms with Crippen molar-refractivity contribution in [1.82, 2.24) is 9.88 Å². The summed E-state index contributed by atoms with van der Waals surface area (Å²) < 4.78 is 1.72. The second-order valence-electron chi connectivity index (χ2n) is 4.82. The quantitative estimate of drug-likeness (QED) is 0.789. The average Bonchev–Trinajstić information content (AvgIpc) is 2.39. The van der Waals surface area contributed by atoms with E-state index in [1.54, 1.807) is 4.57 Å². The van der Waals surface area contributed by atoms with Crippen LogP contribution in [0.3, 0.4) is 0 Å². The molecular weight excluding hydrogens is 248 g/mol. The number of hydrogen-bond donors (Lipinski definition) is 1. The Hall–Kier alpha value is -1.32. The van der Waals surface area contributed by atoms with Gasteiger partial charge in [-0.25, -0.2) is 0 Å². The summed E-state index contributed by atoms with van der Waals surface area (Å²) in [7, 11) is 1.82. The lowest BCUT2D eigenvalue weighted by Gasteiger charge is -2.21. The van der Waals surface area contributed by atoms with Crippen LogP contribution in [0.15, 0.2) is 16.9 Å². The van der Waals surface area contributed by atoms with Crippen molar-refractivity contribution in [2.75, 3.05) is 6.54 Å². The van der Waals surface area contributed by atoms with Gasteiger partial charge in [0, 0.05) is 29.6 Å². The minimum atomic E-state index is 0.0927. The van der Waals surface area contributed by atoms with E-state index in [4.69, 9.17) is 11.6 Å². The highest BCUT2D eigenvalue weighted by atomic mass is 35.5. The van der Waals surface area contributed by atoms with Crippen LogP contribution in [0.25, 0.3) is 10.9 Å². The molecule has 1 aromatic heterocycles. The molecule has 4 heteroatoms. The summed E-state index contributed by atoms with van der Waals surface area (Å²) in [6.45, 7) is 3.56. The van der Waals surface area contributed by atoms with Crippen LogP contribution in [-0.4, -0.2) is 11.1 Å². The molecule has 2 heterocycles. The Morgan fingerprint density at radius 2 is 2.11 bits per heavy atom.